The van der Waals surface area contributed by atoms with Crippen LogP contribution >= 0.6 is 27.3 Å². The van der Waals surface area contributed by atoms with Crippen LogP contribution in [0.2, 0.25) is 0 Å². The zero-order chi connectivity index (χ0) is 24.3. The highest BCUT2D eigenvalue weighted by atomic mass is 79.9. The molecule has 1 heterocycles. The number of nitrogens with one attached hydrogen (secondary N) is 2. The molecule has 0 saturated heterocycles. The summed E-state index contributed by atoms with van der Waals surface area (Å²) in [5.41, 5.74) is 2.81. The fraction of sp³-hybridized carbons (Fsp3) is 0.0833. The highest BCUT2D eigenvalue weighted by molar-refractivity contribution is 9.10. The molecule has 1 aromatic heterocycles. The van der Waals surface area contributed by atoms with Crippen molar-refractivity contribution in [2.45, 2.75) is 11.8 Å². The van der Waals surface area contributed by atoms with E-state index in [-0.39, 0.29) is 16.1 Å². The van der Waals surface area contributed by atoms with Gasteiger partial charge in [0.15, 0.2) is 5.13 Å². The zero-order valence-electron chi connectivity index (χ0n) is 18.2. The Morgan fingerprint density at radius 1 is 1.03 bits per heavy atom. The third kappa shape index (κ3) is 5.46. The van der Waals surface area contributed by atoms with Crippen LogP contribution in [0.5, 0.6) is 5.75 Å². The molecule has 0 atom stereocenters. The number of carbonyl (C=O) groups excluding carboxylic acids is 1. The van der Waals surface area contributed by atoms with Crippen molar-refractivity contribution in [3.63, 3.8) is 0 Å². The third-order valence-electron chi connectivity index (χ3n) is 4.91. The van der Waals surface area contributed by atoms with Gasteiger partial charge in [-0.3, -0.25) is 14.8 Å². The van der Waals surface area contributed by atoms with E-state index in [2.05, 4.69) is 31.0 Å². The van der Waals surface area contributed by atoms with Crippen molar-refractivity contribution >= 4 is 54.0 Å². The fourth-order valence-corrected chi connectivity index (χ4v) is 5.15. The van der Waals surface area contributed by atoms with Crippen LogP contribution in [0.1, 0.15) is 15.9 Å². The van der Waals surface area contributed by atoms with E-state index < -0.39 is 15.9 Å². The number of nitrogens with zero attached hydrogens (tertiary/aromatic N) is 1. The number of hydrogen-bond donors (Lipinski definition) is 2. The van der Waals surface area contributed by atoms with E-state index in [0.717, 1.165) is 21.3 Å². The van der Waals surface area contributed by atoms with Crippen LogP contribution in [0, 0.1) is 6.92 Å². The van der Waals surface area contributed by atoms with Crippen molar-refractivity contribution < 1.29 is 17.9 Å². The first-order chi connectivity index (χ1) is 16.2. The van der Waals surface area contributed by atoms with Crippen LogP contribution in [-0.2, 0) is 10.0 Å². The van der Waals surface area contributed by atoms with Gasteiger partial charge in [-0.2, -0.15) is 0 Å². The molecule has 10 heteroatoms. The van der Waals surface area contributed by atoms with Crippen LogP contribution in [0.4, 0.5) is 10.8 Å². The second kappa shape index (κ2) is 9.96. The van der Waals surface area contributed by atoms with Gasteiger partial charge >= 0.3 is 0 Å². The van der Waals surface area contributed by atoms with Gasteiger partial charge in [-0.1, -0.05) is 45.8 Å². The second-order valence-electron chi connectivity index (χ2n) is 7.33. The van der Waals surface area contributed by atoms with Crippen molar-refractivity contribution in [1.82, 2.24) is 4.98 Å². The average molecular weight is 558 g/mol. The van der Waals surface area contributed by atoms with E-state index in [1.165, 1.54) is 42.7 Å². The summed E-state index contributed by atoms with van der Waals surface area (Å²) >= 11 is 4.68. The van der Waals surface area contributed by atoms with Gasteiger partial charge in [-0.05, 0) is 43.3 Å². The Kier molecular flexibility index (Phi) is 7.01. The van der Waals surface area contributed by atoms with Gasteiger partial charge in [-0.15, -0.1) is 11.3 Å². The number of carbonyl (C=O) groups is 1. The van der Waals surface area contributed by atoms with E-state index >= 15 is 0 Å². The number of aryl methyl sites for hydroxylation is 1. The number of anilines is 2. The van der Waals surface area contributed by atoms with Crippen molar-refractivity contribution in [3.05, 3.63) is 87.7 Å². The van der Waals surface area contributed by atoms with Crippen molar-refractivity contribution in [1.29, 1.82) is 0 Å². The number of aromatic nitrogens is 1. The molecule has 1 amide bonds. The predicted octanol–water partition coefficient (Wildman–Crippen LogP) is 5.94. The Bertz CT molecular complexity index is 1430. The Balaban J connectivity index is 1.60. The molecular weight excluding hydrogens is 538 g/mol. The quantitative estimate of drug-likeness (QED) is 0.293. The molecule has 0 aliphatic heterocycles. The minimum Gasteiger partial charge on any atom is -0.497 e. The smallest absolute Gasteiger partial charge is 0.261 e. The summed E-state index contributed by atoms with van der Waals surface area (Å²) in [6.07, 6.45) is 0. The third-order valence-corrected chi connectivity index (χ3v) is 7.58. The van der Waals surface area contributed by atoms with Gasteiger partial charge in [-0.25, -0.2) is 13.4 Å². The molecular formula is C24H20BrN3O4S2. The summed E-state index contributed by atoms with van der Waals surface area (Å²) in [5, 5.41) is 4.99. The van der Waals surface area contributed by atoms with Crippen LogP contribution in [-0.4, -0.2) is 26.4 Å². The SMILES string of the molecule is COc1ccc(C(=O)Nc2nc(-c3ccc(Br)cc3)cs2)c(NS(=O)(=O)c2ccc(C)cc2)c1. The minimum atomic E-state index is -3.92. The standard InChI is InChI=1S/C24H20BrN3O4S2/c1-15-3-10-19(11-4-15)34(30,31)28-21-13-18(32-2)9-12-20(21)23(29)27-24-26-22(14-33-24)16-5-7-17(25)8-6-16/h3-14,28H,1-2H3,(H,26,27,29). The molecule has 0 spiro atoms. The number of rotatable bonds is 7. The van der Waals surface area contributed by atoms with Crippen molar-refractivity contribution in [2.75, 3.05) is 17.1 Å². The first-order valence-corrected chi connectivity index (χ1v) is 13.2. The number of ether oxygens (including phenoxy) is 1. The van der Waals surface area contributed by atoms with Gasteiger partial charge in [0.25, 0.3) is 15.9 Å². The summed E-state index contributed by atoms with van der Waals surface area (Å²) in [6.45, 7) is 1.87. The number of benzene rings is 3. The average Bonchev–Trinajstić information content (AvgIpc) is 3.27. The normalized spacial score (nSPS) is 11.1. The molecule has 4 aromatic rings. The van der Waals surface area contributed by atoms with Crippen LogP contribution < -0.4 is 14.8 Å². The first-order valence-electron chi connectivity index (χ1n) is 10.1. The number of hydrogen-bond acceptors (Lipinski definition) is 6. The molecule has 0 radical (unpaired) electrons. The maximum atomic E-state index is 13.1. The van der Waals surface area contributed by atoms with Crippen molar-refractivity contribution in [3.8, 4) is 17.0 Å². The molecule has 7 nitrogen and oxygen atoms in total. The number of thiazole rings is 1. The lowest BCUT2D eigenvalue weighted by Crippen LogP contribution is -2.18. The summed E-state index contributed by atoms with van der Waals surface area (Å²) < 4.78 is 34.6. The lowest BCUT2D eigenvalue weighted by Gasteiger charge is -2.14. The van der Waals surface area contributed by atoms with Crippen LogP contribution in [0.25, 0.3) is 11.3 Å². The van der Waals surface area contributed by atoms with Crippen LogP contribution in [0.15, 0.2) is 81.5 Å². The molecule has 0 bridgehead atoms. The number of sulfonamides is 1. The topological polar surface area (TPSA) is 97.4 Å². The van der Waals surface area contributed by atoms with E-state index in [4.69, 9.17) is 4.74 Å². The molecule has 4 rings (SSSR count). The Morgan fingerprint density at radius 3 is 2.41 bits per heavy atom. The molecule has 2 N–H and O–H groups in total. The molecule has 3 aromatic carbocycles. The molecule has 0 fully saturated rings. The summed E-state index contributed by atoms with van der Waals surface area (Å²) in [5.74, 6) is -0.0918. The highest BCUT2D eigenvalue weighted by Gasteiger charge is 2.20. The van der Waals surface area contributed by atoms with E-state index in [1.807, 2.05) is 36.6 Å². The van der Waals surface area contributed by atoms with Gasteiger partial charge in [0.1, 0.15) is 5.75 Å². The summed E-state index contributed by atoms with van der Waals surface area (Å²) in [7, 11) is -2.46. The largest absolute Gasteiger partial charge is 0.497 e. The molecule has 34 heavy (non-hydrogen) atoms. The zero-order valence-corrected chi connectivity index (χ0v) is 21.4. The number of halogens is 1. The van der Waals surface area contributed by atoms with E-state index in [9.17, 15) is 13.2 Å². The fourth-order valence-electron chi connectivity index (χ4n) is 3.10. The lowest BCUT2D eigenvalue weighted by atomic mass is 10.1. The predicted molar refractivity (Wildman–Crippen MR) is 138 cm³/mol. The number of amides is 1. The second-order valence-corrected chi connectivity index (χ2v) is 10.8. The Labute approximate surface area is 210 Å². The summed E-state index contributed by atoms with van der Waals surface area (Å²) in [6, 6.07) is 18.7. The summed E-state index contributed by atoms with van der Waals surface area (Å²) in [4.78, 5) is 17.6. The molecule has 0 unspecified atom stereocenters. The van der Waals surface area contributed by atoms with Crippen molar-refractivity contribution in [2.24, 2.45) is 0 Å². The van der Waals surface area contributed by atoms with Gasteiger partial charge in [0.2, 0.25) is 0 Å². The molecule has 0 saturated carbocycles. The minimum absolute atomic E-state index is 0.0892. The van der Waals surface area contributed by atoms with Gasteiger partial charge in [0, 0.05) is 21.5 Å². The van der Waals surface area contributed by atoms with Crippen LogP contribution in [0.3, 0.4) is 0 Å². The van der Waals surface area contributed by atoms with Gasteiger partial charge < -0.3 is 4.74 Å². The molecule has 0 aliphatic rings. The monoisotopic (exact) mass is 557 g/mol. The van der Waals surface area contributed by atoms with E-state index in [1.54, 1.807) is 18.2 Å². The molecule has 0 aliphatic carbocycles. The lowest BCUT2D eigenvalue weighted by molar-refractivity contribution is 0.102. The highest BCUT2D eigenvalue weighted by Crippen LogP contribution is 2.29. The molecule has 174 valence electrons. The van der Waals surface area contributed by atoms with Gasteiger partial charge in [0.05, 0.1) is 29.0 Å². The first kappa shape index (κ1) is 23.9. The maximum absolute atomic E-state index is 13.1. The maximum Gasteiger partial charge on any atom is 0.261 e. The van der Waals surface area contributed by atoms with E-state index in [0.29, 0.717) is 10.9 Å². The number of methoxy groups -OCH3 is 1. The Morgan fingerprint density at radius 2 is 1.74 bits per heavy atom. The Hall–Kier alpha value is -3.21.